The van der Waals surface area contributed by atoms with Gasteiger partial charge in [0.1, 0.15) is 6.07 Å². The van der Waals surface area contributed by atoms with Crippen molar-refractivity contribution in [1.82, 2.24) is 5.64 Å². The average Bonchev–Trinajstić information content (AvgIpc) is 1.97. The quantitative estimate of drug-likeness (QED) is 0.323. The van der Waals surface area contributed by atoms with Gasteiger partial charge in [0.05, 0.1) is 7.11 Å². The molecule has 0 aromatic heterocycles. The van der Waals surface area contributed by atoms with Gasteiger partial charge in [0, 0.05) is 4.92 Å². The lowest BCUT2D eigenvalue weighted by atomic mass is 10.4. The van der Waals surface area contributed by atoms with Crippen LogP contribution in [0.4, 0.5) is 0 Å². The van der Waals surface area contributed by atoms with Gasteiger partial charge in [-0.25, -0.2) is 0 Å². The molecule has 0 rings (SSSR count). The molecule has 0 amide bonds. The van der Waals surface area contributed by atoms with Crippen molar-refractivity contribution < 1.29 is 14.6 Å². The van der Waals surface area contributed by atoms with E-state index in [1.807, 2.05) is 5.64 Å². The molecule has 0 radical (unpaired) electrons. The topological polar surface area (TPSA) is 97.4 Å². The Morgan fingerprint density at radius 1 is 1.91 bits per heavy atom. The van der Waals surface area contributed by atoms with Gasteiger partial charge in [-0.2, -0.15) is 5.26 Å². The molecule has 0 fully saturated rings. The monoisotopic (exact) mass is 161 g/mol. The number of hydrogen-bond acceptors (Lipinski definition) is 6. The number of hydrogen-bond donors (Lipinski definition) is 1. The third kappa shape index (κ3) is 4.21. The summed E-state index contributed by atoms with van der Waals surface area (Å²) in [6, 6.07) is 0.0775. The van der Waals surface area contributed by atoms with Gasteiger partial charge in [-0.15, -0.1) is 0 Å². The maximum absolute atomic E-state index is 9.96. The molecule has 0 heterocycles. The largest absolute Gasteiger partial charge is 0.321 e. The summed E-state index contributed by atoms with van der Waals surface area (Å²) < 4.78 is 0. The summed E-state index contributed by atoms with van der Waals surface area (Å²) in [4.78, 5) is 17.8. The zero-order valence-corrected chi connectivity index (χ0v) is 5.81. The van der Waals surface area contributed by atoms with Crippen molar-refractivity contribution in [1.29, 1.82) is 5.26 Å². The van der Waals surface area contributed by atoms with Crippen molar-refractivity contribution in [2.24, 2.45) is 0 Å². The van der Waals surface area contributed by atoms with E-state index in [0.29, 0.717) is 0 Å². The minimum atomic E-state index is -1.36. The molecule has 1 N–H and O–H groups in total. The van der Waals surface area contributed by atoms with Gasteiger partial charge in [0.2, 0.25) is 0 Å². The molecule has 0 aromatic carbocycles. The van der Waals surface area contributed by atoms with Crippen molar-refractivity contribution in [3.8, 4) is 6.07 Å². The number of nitriles is 1. The van der Waals surface area contributed by atoms with Gasteiger partial charge in [-0.05, 0) is 0 Å². The molecule has 0 spiro atoms. The Balaban J connectivity index is 3.55. The van der Waals surface area contributed by atoms with E-state index in [1.54, 1.807) is 0 Å². The molecule has 7 nitrogen and oxygen atoms in total. The molecule has 0 aromatic rings. The lowest BCUT2D eigenvalue weighted by Crippen LogP contribution is -2.27. The van der Waals surface area contributed by atoms with E-state index in [0.717, 1.165) is 0 Å². The molecule has 0 aliphatic carbocycles. The molecular formula is C4H7N3O4. The van der Waals surface area contributed by atoms with E-state index in [9.17, 15) is 10.1 Å². The summed E-state index contributed by atoms with van der Waals surface area (Å²) in [7, 11) is 1.29. The second-order valence-electron chi connectivity index (χ2n) is 1.53. The second-order valence-corrected chi connectivity index (χ2v) is 1.53. The lowest BCUT2D eigenvalue weighted by Gasteiger charge is -2.01. The number of rotatable bonds is 5. The molecule has 11 heavy (non-hydrogen) atoms. The minimum absolute atomic E-state index is 0.350. The van der Waals surface area contributed by atoms with Crippen LogP contribution < -0.4 is 5.64 Å². The van der Waals surface area contributed by atoms with Crippen molar-refractivity contribution in [2.75, 3.05) is 13.7 Å². The van der Waals surface area contributed by atoms with Gasteiger partial charge in [-0.1, -0.05) is 5.64 Å². The van der Waals surface area contributed by atoms with Crippen LogP contribution in [0.3, 0.4) is 0 Å². The first-order valence-corrected chi connectivity index (χ1v) is 2.65. The van der Waals surface area contributed by atoms with Crippen LogP contribution in [0.1, 0.15) is 0 Å². The van der Waals surface area contributed by atoms with Crippen LogP contribution in [0, 0.1) is 21.4 Å². The van der Waals surface area contributed by atoms with E-state index in [4.69, 9.17) is 5.26 Å². The van der Waals surface area contributed by atoms with Crippen LogP contribution in [0.15, 0.2) is 0 Å². The summed E-state index contributed by atoms with van der Waals surface area (Å²) >= 11 is 0. The zero-order chi connectivity index (χ0) is 8.69. The fourth-order valence-electron chi connectivity index (χ4n) is 0.317. The lowest BCUT2D eigenvalue weighted by molar-refractivity contribution is -0.513. The highest BCUT2D eigenvalue weighted by molar-refractivity contribution is 4.81. The van der Waals surface area contributed by atoms with Crippen molar-refractivity contribution >= 4 is 0 Å². The summed E-state index contributed by atoms with van der Waals surface area (Å²) in [5.74, 6) is 0. The molecule has 0 bridgehead atoms. The Labute approximate surface area is 62.6 Å². The Morgan fingerprint density at radius 3 is 2.91 bits per heavy atom. The molecular weight excluding hydrogens is 154 g/mol. The standard InChI is InChI=1S/C4H7N3O4/c1-10-6-11-3-4(2-5)7(8)9/h4,6H,3H2,1H3. The average molecular weight is 161 g/mol. The molecule has 1 unspecified atom stereocenters. The Bertz CT molecular complexity index is 165. The predicted molar refractivity (Wildman–Crippen MR) is 32.5 cm³/mol. The first-order valence-electron chi connectivity index (χ1n) is 2.65. The normalized spacial score (nSPS) is 12.0. The third-order valence-corrected chi connectivity index (χ3v) is 0.787. The van der Waals surface area contributed by atoms with Gasteiger partial charge in [0.25, 0.3) is 0 Å². The van der Waals surface area contributed by atoms with E-state index in [2.05, 4.69) is 9.68 Å². The first kappa shape index (κ1) is 9.77. The maximum atomic E-state index is 9.96. The van der Waals surface area contributed by atoms with Crippen LogP contribution in [0.2, 0.25) is 0 Å². The van der Waals surface area contributed by atoms with E-state index in [-0.39, 0.29) is 6.61 Å². The third-order valence-electron chi connectivity index (χ3n) is 0.787. The Kier molecular flexibility index (Phi) is 4.93. The molecule has 0 aliphatic rings. The van der Waals surface area contributed by atoms with Gasteiger partial charge >= 0.3 is 6.04 Å². The van der Waals surface area contributed by atoms with Crippen LogP contribution in [-0.2, 0) is 9.68 Å². The van der Waals surface area contributed by atoms with Crippen LogP contribution in [-0.4, -0.2) is 24.7 Å². The maximum Gasteiger partial charge on any atom is 0.321 e. The molecule has 7 heteroatoms. The molecule has 0 saturated carbocycles. The van der Waals surface area contributed by atoms with Crippen LogP contribution in [0.25, 0.3) is 0 Å². The minimum Gasteiger partial charge on any atom is -0.280 e. The molecule has 1 atom stereocenters. The van der Waals surface area contributed by atoms with E-state index < -0.39 is 11.0 Å². The van der Waals surface area contributed by atoms with Gasteiger partial charge in [0.15, 0.2) is 6.61 Å². The summed E-state index contributed by atoms with van der Waals surface area (Å²) in [6.07, 6.45) is 0. The highest BCUT2D eigenvalue weighted by Crippen LogP contribution is 1.86. The van der Waals surface area contributed by atoms with Gasteiger partial charge in [-0.3, -0.25) is 19.8 Å². The number of nitrogens with zero attached hydrogens (tertiary/aromatic N) is 2. The summed E-state index contributed by atoms with van der Waals surface area (Å²) in [5, 5.41) is 18.1. The van der Waals surface area contributed by atoms with Crippen LogP contribution in [0.5, 0.6) is 0 Å². The van der Waals surface area contributed by atoms with E-state index >= 15 is 0 Å². The fraction of sp³-hybridized carbons (Fsp3) is 0.750. The second kappa shape index (κ2) is 5.55. The fourth-order valence-corrected chi connectivity index (χ4v) is 0.317. The number of nitrogens with one attached hydrogen (secondary N) is 1. The van der Waals surface area contributed by atoms with Crippen molar-refractivity contribution in [3.63, 3.8) is 0 Å². The summed E-state index contributed by atoms with van der Waals surface area (Å²) in [6.45, 7) is -0.350. The molecule has 0 aliphatic heterocycles. The number of nitro groups is 1. The SMILES string of the molecule is CONOCC(C#N)[N+](=O)[O-]. The molecule has 62 valence electrons. The Morgan fingerprint density at radius 2 is 2.55 bits per heavy atom. The Hall–Kier alpha value is -1.23. The highest BCUT2D eigenvalue weighted by Gasteiger charge is 2.18. The molecule has 0 saturated heterocycles. The predicted octanol–water partition coefficient (Wildman–Crippen LogP) is -0.762. The van der Waals surface area contributed by atoms with E-state index in [1.165, 1.54) is 13.2 Å². The zero-order valence-electron chi connectivity index (χ0n) is 5.81. The summed E-state index contributed by atoms with van der Waals surface area (Å²) in [5.41, 5.74) is 1.91. The van der Waals surface area contributed by atoms with Crippen LogP contribution >= 0.6 is 0 Å². The van der Waals surface area contributed by atoms with Crippen molar-refractivity contribution in [2.45, 2.75) is 6.04 Å². The first-order chi connectivity index (χ1) is 5.22. The smallest absolute Gasteiger partial charge is 0.280 e. The highest BCUT2D eigenvalue weighted by atomic mass is 16.9. The van der Waals surface area contributed by atoms with Gasteiger partial charge < -0.3 is 0 Å². The van der Waals surface area contributed by atoms with Crippen molar-refractivity contribution in [3.05, 3.63) is 10.1 Å².